The second-order valence-corrected chi connectivity index (χ2v) is 4.39. The minimum atomic E-state index is 0.647. The summed E-state index contributed by atoms with van der Waals surface area (Å²) in [6, 6.07) is 0. The second kappa shape index (κ2) is 3.97. The molecule has 0 aromatic heterocycles. The Morgan fingerprint density at radius 3 is 2.90 bits per heavy atom. The Labute approximate surface area is 71.1 Å². The van der Waals surface area contributed by atoms with Crippen LogP contribution in [0.1, 0.15) is 19.8 Å². The van der Waals surface area contributed by atoms with Gasteiger partial charge in [-0.05, 0) is 18.8 Å². The topological polar surface area (TPSA) is 0 Å². The monoisotopic (exact) mass is 200 g/mol. The first-order valence-electron chi connectivity index (χ1n) is 3.76. The lowest BCUT2D eigenvalue weighted by molar-refractivity contribution is 0.597. The van der Waals surface area contributed by atoms with Crippen LogP contribution in [0.25, 0.3) is 0 Å². The Bertz CT molecular complexity index is 145. The maximum Gasteiger partial charge on any atom is 0.0123 e. The molecule has 2 atom stereocenters. The predicted octanol–water partition coefficient (Wildman–Crippen LogP) is 3.29. The molecule has 1 heteroatoms. The van der Waals surface area contributed by atoms with Crippen LogP contribution in [-0.2, 0) is 0 Å². The van der Waals surface area contributed by atoms with E-state index in [2.05, 4.69) is 47.2 Å². The average molecular weight is 201 g/mol. The van der Waals surface area contributed by atoms with Crippen LogP contribution in [0.5, 0.6) is 0 Å². The van der Waals surface area contributed by atoms with Crippen LogP contribution in [0.2, 0.25) is 0 Å². The molecule has 0 bridgehead atoms. The summed E-state index contributed by atoms with van der Waals surface area (Å²) < 4.78 is 0. The van der Waals surface area contributed by atoms with E-state index in [-0.39, 0.29) is 0 Å². The number of hydrogen-bond acceptors (Lipinski definition) is 0. The summed E-state index contributed by atoms with van der Waals surface area (Å²) >= 11 is 3.55. The minimum Gasteiger partial charge on any atom is -0.0893 e. The molecule has 0 saturated carbocycles. The van der Waals surface area contributed by atoms with Crippen molar-refractivity contribution >= 4 is 15.9 Å². The molecule has 1 aliphatic rings. The van der Waals surface area contributed by atoms with Gasteiger partial charge in [0.25, 0.3) is 0 Å². The normalized spacial score (nSPS) is 26.8. The highest BCUT2D eigenvalue weighted by molar-refractivity contribution is 9.09. The molecule has 0 spiro atoms. The smallest absolute Gasteiger partial charge is 0.0123 e. The third-order valence-corrected chi connectivity index (χ3v) is 2.07. The van der Waals surface area contributed by atoms with E-state index in [9.17, 15) is 0 Å². The SMILES string of the molecule is CC(Br)C[C@H]1C=CC=CC1. The van der Waals surface area contributed by atoms with Crippen LogP contribution in [0.3, 0.4) is 0 Å². The highest BCUT2D eigenvalue weighted by Gasteiger charge is 2.07. The Morgan fingerprint density at radius 2 is 2.40 bits per heavy atom. The predicted molar refractivity (Wildman–Crippen MR) is 49.4 cm³/mol. The first-order valence-corrected chi connectivity index (χ1v) is 4.68. The summed E-state index contributed by atoms with van der Waals surface area (Å²) in [7, 11) is 0. The highest BCUT2D eigenvalue weighted by atomic mass is 79.9. The van der Waals surface area contributed by atoms with Crippen LogP contribution in [-0.4, -0.2) is 4.83 Å². The first-order chi connectivity index (χ1) is 4.79. The van der Waals surface area contributed by atoms with Crippen LogP contribution in [0.15, 0.2) is 24.3 Å². The lowest BCUT2D eigenvalue weighted by atomic mass is 9.96. The summed E-state index contributed by atoms with van der Waals surface area (Å²) in [5.74, 6) is 0.763. The van der Waals surface area contributed by atoms with Gasteiger partial charge in [0.05, 0.1) is 0 Å². The van der Waals surface area contributed by atoms with Gasteiger partial charge in [-0.3, -0.25) is 0 Å². The van der Waals surface area contributed by atoms with E-state index in [1.54, 1.807) is 0 Å². The number of rotatable bonds is 2. The van der Waals surface area contributed by atoms with E-state index in [4.69, 9.17) is 0 Å². The zero-order valence-corrected chi connectivity index (χ0v) is 7.84. The third kappa shape index (κ3) is 2.70. The third-order valence-electron chi connectivity index (χ3n) is 1.70. The summed E-state index contributed by atoms with van der Waals surface area (Å²) in [5.41, 5.74) is 0. The van der Waals surface area contributed by atoms with Crippen molar-refractivity contribution in [2.24, 2.45) is 5.92 Å². The van der Waals surface area contributed by atoms with Crippen molar-refractivity contribution in [2.75, 3.05) is 0 Å². The number of hydrogen-bond donors (Lipinski definition) is 0. The van der Waals surface area contributed by atoms with Gasteiger partial charge < -0.3 is 0 Å². The van der Waals surface area contributed by atoms with Gasteiger partial charge in [-0.2, -0.15) is 0 Å². The molecular weight excluding hydrogens is 188 g/mol. The molecule has 0 radical (unpaired) electrons. The van der Waals surface area contributed by atoms with Gasteiger partial charge in [-0.25, -0.2) is 0 Å². The van der Waals surface area contributed by atoms with Gasteiger partial charge in [0.1, 0.15) is 0 Å². The zero-order chi connectivity index (χ0) is 7.40. The molecule has 0 aromatic rings. The molecule has 0 nitrogen and oxygen atoms in total. The quantitative estimate of drug-likeness (QED) is 0.601. The van der Waals surface area contributed by atoms with Gasteiger partial charge >= 0.3 is 0 Å². The van der Waals surface area contributed by atoms with Crippen LogP contribution in [0, 0.1) is 5.92 Å². The van der Waals surface area contributed by atoms with Crippen molar-refractivity contribution < 1.29 is 0 Å². The molecule has 1 aliphatic carbocycles. The van der Waals surface area contributed by atoms with Crippen molar-refractivity contribution in [3.8, 4) is 0 Å². The summed E-state index contributed by atoms with van der Waals surface area (Å²) in [6.45, 7) is 2.20. The van der Waals surface area contributed by atoms with Gasteiger partial charge in [0, 0.05) is 4.83 Å². The maximum atomic E-state index is 3.55. The lowest BCUT2D eigenvalue weighted by Crippen LogP contribution is -2.03. The lowest BCUT2D eigenvalue weighted by Gasteiger charge is -2.13. The Balaban J connectivity index is 2.30. The van der Waals surface area contributed by atoms with E-state index in [0.717, 1.165) is 5.92 Å². The Morgan fingerprint density at radius 1 is 1.60 bits per heavy atom. The molecular formula is C9H13Br. The van der Waals surface area contributed by atoms with Crippen LogP contribution in [0.4, 0.5) is 0 Å². The summed E-state index contributed by atoms with van der Waals surface area (Å²) in [5, 5.41) is 0. The molecule has 10 heavy (non-hydrogen) atoms. The Kier molecular flexibility index (Phi) is 3.20. The van der Waals surface area contributed by atoms with Crippen molar-refractivity contribution in [2.45, 2.75) is 24.6 Å². The molecule has 0 aliphatic heterocycles. The molecule has 1 unspecified atom stereocenters. The van der Waals surface area contributed by atoms with Gasteiger partial charge in [0.2, 0.25) is 0 Å². The molecule has 1 rings (SSSR count). The fourth-order valence-electron chi connectivity index (χ4n) is 1.22. The largest absolute Gasteiger partial charge is 0.0893 e. The fraction of sp³-hybridized carbons (Fsp3) is 0.556. The van der Waals surface area contributed by atoms with E-state index < -0.39 is 0 Å². The van der Waals surface area contributed by atoms with E-state index >= 15 is 0 Å². The van der Waals surface area contributed by atoms with Crippen LogP contribution < -0.4 is 0 Å². The van der Waals surface area contributed by atoms with Crippen molar-refractivity contribution in [3.63, 3.8) is 0 Å². The van der Waals surface area contributed by atoms with Gasteiger partial charge in [-0.1, -0.05) is 47.2 Å². The molecule has 56 valence electrons. The van der Waals surface area contributed by atoms with Gasteiger partial charge in [0.15, 0.2) is 0 Å². The van der Waals surface area contributed by atoms with Crippen molar-refractivity contribution in [1.29, 1.82) is 0 Å². The molecule has 0 fully saturated rings. The zero-order valence-electron chi connectivity index (χ0n) is 6.26. The van der Waals surface area contributed by atoms with Crippen molar-refractivity contribution in [3.05, 3.63) is 24.3 Å². The van der Waals surface area contributed by atoms with Crippen LogP contribution >= 0.6 is 15.9 Å². The number of allylic oxidation sites excluding steroid dienone is 4. The average Bonchev–Trinajstić information content (AvgIpc) is 1.88. The second-order valence-electron chi connectivity index (χ2n) is 2.83. The standard InChI is InChI=1S/C9H13Br/c1-8(10)7-9-5-3-2-4-6-9/h2-5,8-9H,6-7H2,1H3/t8?,9-/m0/s1. The molecule has 0 aromatic carbocycles. The number of halogens is 1. The Hall–Kier alpha value is -0.0400. The number of alkyl halides is 1. The summed E-state index contributed by atoms with van der Waals surface area (Å²) in [4.78, 5) is 0.647. The van der Waals surface area contributed by atoms with E-state index in [0.29, 0.717) is 4.83 Å². The first kappa shape index (κ1) is 8.06. The summed E-state index contributed by atoms with van der Waals surface area (Å²) in [6.07, 6.45) is 11.3. The molecule has 0 heterocycles. The van der Waals surface area contributed by atoms with E-state index in [1.165, 1.54) is 12.8 Å². The molecule has 0 amide bonds. The fourth-order valence-corrected chi connectivity index (χ4v) is 1.70. The molecule has 0 saturated heterocycles. The van der Waals surface area contributed by atoms with Crippen molar-refractivity contribution in [1.82, 2.24) is 0 Å². The molecule has 0 N–H and O–H groups in total. The van der Waals surface area contributed by atoms with Gasteiger partial charge in [-0.15, -0.1) is 0 Å². The maximum absolute atomic E-state index is 3.55. The van der Waals surface area contributed by atoms with E-state index in [1.807, 2.05) is 0 Å². The highest BCUT2D eigenvalue weighted by Crippen LogP contribution is 2.20. The minimum absolute atomic E-state index is 0.647.